The highest BCUT2D eigenvalue weighted by atomic mass is 16.5. The smallest absolute Gasteiger partial charge is 0.247 e. The van der Waals surface area contributed by atoms with Gasteiger partial charge in [-0.25, -0.2) is 0 Å². The molecule has 0 radical (unpaired) electrons. The van der Waals surface area contributed by atoms with Gasteiger partial charge in [0.05, 0.1) is 18.6 Å². The van der Waals surface area contributed by atoms with Gasteiger partial charge in [0.1, 0.15) is 0 Å². The number of hydrogen-bond donors (Lipinski definition) is 1. The first-order valence-electron chi connectivity index (χ1n) is 6.17. The zero-order valence-electron chi connectivity index (χ0n) is 10.6. The maximum Gasteiger partial charge on any atom is 0.247 e. The lowest BCUT2D eigenvalue weighted by molar-refractivity contribution is -0.140. The number of nitrogens with zero attached hydrogens (tertiary/aromatic N) is 1. The Morgan fingerprint density at radius 2 is 2.00 bits per heavy atom. The Morgan fingerprint density at radius 3 is 2.47 bits per heavy atom. The fraction of sp³-hybridized carbons (Fsp3) is 0.833. The van der Waals surface area contributed by atoms with E-state index in [2.05, 4.69) is 5.32 Å². The van der Waals surface area contributed by atoms with Crippen LogP contribution in [0, 0.1) is 0 Å². The minimum atomic E-state index is -0.326. The summed E-state index contributed by atoms with van der Waals surface area (Å²) >= 11 is 0. The number of carbonyl (C=O) groups excluding carboxylic acids is 2. The largest absolute Gasteiger partial charge is 0.381 e. The summed E-state index contributed by atoms with van der Waals surface area (Å²) in [4.78, 5) is 25.0. The summed E-state index contributed by atoms with van der Waals surface area (Å²) < 4.78 is 5.19. The maximum atomic E-state index is 12.0. The molecule has 0 aromatic rings. The van der Waals surface area contributed by atoms with Crippen molar-refractivity contribution in [2.45, 2.75) is 57.3 Å². The number of rotatable bonds is 4. The highest BCUT2D eigenvalue weighted by Gasteiger charge is 2.42. The van der Waals surface area contributed by atoms with E-state index in [9.17, 15) is 9.59 Å². The van der Waals surface area contributed by atoms with Gasteiger partial charge in [-0.3, -0.25) is 14.5 Å². The van der Waals surface area contributed by atoms with Crippen LogP contribution < -0.4 is 5.32 Å². The predicted octanol–water partition coefficient (Wildman–Crippen LogP) is 0.289. The van der Waals surface area contributed by atoms with Gasteiger partial charge in [-0.1, -0.05) is 0 Å². The minimum Gasteiger partial charge on any atom is -0.381 e. The lowest BCUT2D eigenvalue weighted by Crippen LogP contribution is -2.51. The Labute approximate surface area is 101 Å². The summed E-state index contributed by atoms with van der Waals surface area (Å²) in [5, 5.41) is 3.25. The van der Waals surface area contributed by atoms with Crippen molar-refractivity contribution in [3.05, 3.63) is 0 Å². The van der Waals surface area contributed by atoms with Crippen molar-refractivity contribution in [2.75, 3.05) is 7.11 Å². The molecule has 1 heterocycles. The third-order valence-corrected chi connectivity index (χ3v) is 3.56. The van der Waals surface area contributed by atoms with Gasteiger partial charge in [0.2, 0.25) is 11.8 Å². The monoisotopic (exact) mass is 240 g/mol. The summed E-state index contributed by atoms with van der Waals surface area (Å²) in [5.41, 5.74) is 0. The second-order valence-corrected chi connectivity index (χ2v) is 5.15. The van der Waals surface area contributed by atoms with Crippen LogP contribution in [0.15, 0.2) is 0 Å². The van der Waals surface area contributed by atoms with Crippen LogP contribution in [0.25, 0.3) is 0 Å². The number of imide groups is 1. The van der Waals surface area contributed by atoms with Crippen LogP contribution in [0.4, 0.5) is 0 Å². The SMILES string of the molecule is COC1CC(NC2CC(=O)N(C(C)C)C2=O)C1. The van der Waals surface area contributed by atoms with Gasteiger partial charge in [0.15, 0.2) is 0 Å². The fourth-order valence-corrected chi connectivity index (χ4v) is 2.50. The van der Waals surface area contributed by atoms with E-state index in [1.165, 1.54) is 4.90 Å². The van der Waals surface area contributed by atoms with Gasteiger partial charge in [0.25, 0.3) is 0 Å². The molecule has 2 fully saturated rings. The minimum absolute atomic E-state index is 0.0464. The van der Waals surface area contributed by atoms with Gasteiger partial charge in [0, 0.05) is 19.2 Å². The predicted molar refractivity (Wildman–Crippen MR) is 62.3 cm³/mol. The van der Waals surface area contributed by atoms with Crippen molar-refractivity contribution in [3.8, 4) is 0 Å². The zero-order valence-corrected chi connectivity index (χ0v) is 10.6. The summed E-state index contributed by atoms with van der Waals surface area (Å²) in [6, 6.07) is -0.0589. The van der Waals surface area contributed by atoms with E-state index in [1.54, 1.807) is 7.11 Å². The number of methoxy groups -OCH3 is 1. The zero-order chi connectivity index (χ0) is 12.6. The number of hydrogen-bond acceptors (Lipinski definition) is 4. The third kappa shape index (κ3) is 2.35. The third-order valence-electron chi connectivity index (χ3n) is 3.56. The van der Waals surface area contributed by atoms with E-state index in [-0.39, 0.29) is 23.9 Å². The van der Waals surface area contributed by atoms with E-state index in [0.29, 0.717) is 18.6 Å². The Morgan fingerprint density at radius 1 is 1.35 bits per heavy atom. The highest BCUT2D eigenvalue weighted by molar-refractivity contribution is 6.05. The second-order valence-electron chi connectivity index (χ2n) is 5.15. The molecule has 1 N–H and O–H groups in total. The molecule has 0 aromatic carbocycles. The molecule has 2 rings (SSSR count). The van der Waals surface area contributed by atoms with Gasteiger partial charge in [-0.2, -0.15) is 0 Å². The number of nitrogens with one attached hydrogen (secondary N) is 1. The summed E-state index contributed by atoms with van der Waals surface area (Å²) in [7, 11) is 1.70. The van der Waals surface area contributed by atoms with Crippen LogP contribution >= 0.6 is 0 Å². The lowest BCUT2D eigenvalue weighted by Gasteiger charge is -2.36. The molecule has 1 saturated heterocycles. The molecule has 96 valence electrons. The Kier molecular flexibility index (Phi) is 3.49. The maximum absolute atomic E-state index is 12.0. The van der Waals surface area contributed by atoms with E-state index < -0.39 is 0 Å². The lowest BCUT2D eigenvalue weighted by atomic mass is 9.88. The molecule has 0 spiro atoms. The van der Waals surface area contributed by atoms with Crippen molar-refractivity contribution in [1.29, 1.82) is 0 Å². The van der Waals surface area contributed by atoms with Crippen LogP contribution in [0.2, 0.25) is 0 Å². The van der Waals surface area contributed by atoms with Crippen molar-refractivity contribution >= 4 is 11.8 Å². The molecule has 2 aliphatic rings. The van der Waals surface area contributed by atoms with E-state index in [0.717, 1.165) is 12.8 Å². The first kappa shape index (κ1) is 12.5. The van der Waals surface area contributed by atoms with Gasteiger partial charge < -0.3 is 10.1 Å². The first-order chi connectivity index (χ1) is 8.02. The van der Waals surface area contributed by atoms with Crippen LogP contribution in [0.5, 0.6) is 0 Å². The van der Waals surface area contributed by atoms with Crippen LogP contribution in [0.3, 0.4) is 0 Å². The standard InChI is InChI=1S/C12H20N2O3/c1-7(2)14-11(15)6-10(12(14)16)13-8-4-9(5-8)17-3/h7-10,13H,4-6H2,1-3H3. The van der Waals surface area contributed by atoms with Crippen LogP contribution in [-0.2, 0) is 14.3 Å². The van der Waals surface area contributed by atoms with E-state index >= 15 is 0 Å². The molecule has 5 nitrogen and oxygen atoms in total. The molecular formula is C12H20N2O3. The summed E-state index contributed by atoms with van der Waals surface area (Å²) in [6.07, 6.45) is 2.46. The Balaban J connectivity index is 1.87. The van der Waals surface area contributed by atoms with Crippen LogP contribution in [0.1, 0.15) is 33.1 Å². The van der Waals surface area contributed by atoms with Gasteiger partial charge in [-0.15, -0.1) is 0 Å². The molecule has 1 saturated carbocycles. The number of ether oxygens (including phenoxy) is 1. The van der Waals surface area contributed by atoms with Crippen LogP contribution in [-0.4, -0.2) is 48.1 Å². The van der Waals surface area contributed by atoms with Crippen molar-refractivity contribution in [3.63, 3.8) is 0 Å². The summed E-state index contributed by atoms with van der Waals surface area (Å²) in [6.45, 7) is 3.73. The molecule has 0 aromatic heterocycles. The molecule has 17 heavy (non-hydrogen) atoms. The second kappa shape index (κ2) is 4.74. The van der Waals surface area contributed by atoms with Gasteiger partial charge in [-0.05, 0) is 26.7 Å². The van der Waals surface area contributed by atoms with Crippen molar-refractivity contribution in [1.82, 2.24) is 10.2 Å². The number of amides is 2. The van der Waals surface area contributed by atoms with Crippen molar-refractivity contribution in [2.24, 2.45) is 0 Å². The molecule has 0 bridgehead atoms. The number of likely N-dealkylation sites (tertiary alicyclic amines) is 1. The van der Waals surface area contributed by atoms with E-state index in [1.807, 2.05) is 13.8 Å². The normalized spacial score (nSPS) is 33.4. The van der Waals surface area contributed by atoms with Crippen molar-refractivity contribution < 1.29 is 14.3 Å². The highest BCUT2D eigenvalue weighted by Crippen LogP contribution is 2.25. The molecule has 5 heteroatoms. The molecule has 2 amide bonds. The first-order valence-corrected chi connectivity index (χ1v) is 6.17. The Hall–Kier alpha value is -0.940. The Bertz CT molecular complexity index is 324. The number of carbonyl (C=O) groups is 2. The van der Waals surface area contributed by atoms with Gasteiger partial charge >= 0.3 is 0 Å². The summed E-state index contributed by atoms with van der Waals surface area (Å²) in [5.74, 6) is -0.143. The average molecular weight is 240 g/mol. The van der Waals surface area contributed by atoms with E-state index in [4.69, 9.17) is 4.74 Å². The molecule has 1 atom stereocenters. The fourth-order valence-electron chi connectivity index (χ4n) is 2.50. The molecule has 1 aliphatic heterocycles. The average Bonchev–Trinajstić information content (AvgIpc) is 2.46. The molecular weight excluding hydrogens is 220 g/mol. The topological polar surface area (TPSA) is 58.6 Å². The quantitative estimate of drug-likeness (QED) is 0.718. The molecule has 1 aliphatic carbocycles. The molecule has 1 unspecified atom stereocenters.